The van der Waals surface area contributed by atoms with Crippen molar-refractivity contribution in [1.82, 2.24) is 4.98 Å². The molecule has 2 aromatic carbocycles. The zero-order chi connectivity index (χ0) is 18.1. The van der Waals surface area contributed by atoms with Crippen LogP contribution in [0, 0.1) is 0 Å². The van der Waals surface area contributed by atoms with E-state index in [0.29, 0.717) is 17.8 Å². The third-order valence-electron chi connectivity index (χ3n) is 4.40. The molecular weight excluding hydrogens is 346 g/mol. The minimum Gasteiger partial charge on any atom is -0.508 e. The number of hydrogen-bond acceptors (Lipinski definition) is 5. The molecule has 0 unspecified atom stereocenters. The maximum Gasteiger partial charge on any atom is 0.336 e. The molecule has 26 heavy (non-hydrogen) atoms. The second-order valence-electron chi connectivity index (χ2n) is 6.04. The van der Waals surface area contributed by atoms with E-state index in [2.05, 4.69) is 11.1 Å². The molecule has 0 radical (unpaired) electrons. The van der Waals surface area contributed by atoms with Crippen molar-refractivity contribution in [2.24, 2.45) is 0 Å². The SMILES string of the molecule is CCc1cc2c(CSc3ccnc4ccccc34)cc(=O)oc2cc1O. The molecule has 4 rings (SSSR count). The van der Waals surface area contributed by atoms with Gasteiger partial charge in [0.2, 0.25) is 0 Å². The largest absolute Gasteiger partial charge is 0.508 e. The third kappa shape index (κ3) is 3.06. The van der Waals surface area contributed by atoms with E-state index in [9.17, 15) is 9.90 Å². The smallest absolute Gasteiger partial charge is 0.336 e. The highest BCUT2D eigenvalue weighted by Gasteiger charge is 2.11. The monoisotopic (exact) mass is 363 g/mol. The van der Waals surface area contributed by atoms with Crippen LogP contribution in [0.25, 0.3) is 21.9 Å². The molecule has 4 nitrogen and oxygen atoms in total. The van der Waals surface area contributed by atoms with Gasteiger partial charge in [0.15, 0.2) is 0 Å². The standard InChI is InChI=1S/C21H17NO3S/c1-2-13-9-16-14(10-21(24)25-19(16)11-18(13)23)12-26-20-7-8-22-17-6-4-3-5-15(17)20/h3-11,23H,2,12H2,1H3. The minimum absolute atomic E-state index is 0.160. The number of aryl methyl sites for hydroxylation is 1. The Morgan fingerprint density at radius 2 is 1.92 bits per heavy atom. The number of fused-ring (bicyclic) bond motifs is 2. The lowest BCUT2D eigenvalue weighted by Gasteiger charge is -2.09. The first-order valence-corrected chi connectivity index (χ1v) is 9.39. The van der Waals surface area contributed by atoms with Gasteiger partial charge in [-0.25, -0.2) is 4.79 Å². The second kappa shape index (κ2) is 6.84. The summed E-state index contributed by atoms with van der Waals surface area (Å²) in [5.74, 6) is 0.789. The summed E-state index contributed by atoms with van der Waals surface area (Å²) < 4.78 is 5.27. The third-order valence-corrected chi connectivity index (χ3v) is 5.52. The zero-order valence-corrected chi connectivity index (χ0v) is 15.0. The molecule has 2 aromatic heterocycles. The molecular formula is C21H17NO3S. The molecule has 1 N–H and O–H groups in total. The number of phenolic OH excluding ortho intramolecular Hbond substituents is 1. The Labute approximate surface area is 154 Å². The van der Waals surface area contributed by atoms with Gasteiger partial charge in [0.05, 0.1) is 5.52 Å². The maximum atomic E-state index is 11.9. The molecule has 0 aliphatic heterocycles. The van der Waals surface area contributed by atoms with E-state index in [1.807, 2.05) is 37.3 Å². The maximum absolute atomic E-state index is 11.9. The van der Waals surface area contributed by atoms with Crippen LogP contribution in [0.3, 0.4) is 0 Å². The summed E-state index contributed by atoms with van der Waals surface area (Å²) in [5, 5.41) is 12.0. The van der Waals surface area contributed by atoms with Crippen molar-refractivity contribution < 1.29 is 9.52 Å². The highest BCUT2D eigenvalue weighted by atomic mass is 32.2. The van der Waals surface area contributed by atoms with Crippen LogP contribution in [0.2, 0.25) is 0 Å². The summed E-state index contributed by atoms with van der Waals surface area (Å²) in [6, 6.07) is 15.0. The molecule has 0 saturated heterocycles. The molecule has 0 fully saturated rings. The van der Waals surface area contributed by atoms with Crippen molar-refractivity contribution in [1.29, 1.82) is 0 Å². The molecule has 0 spiro atoms. The average molecular weight is 363 g/mol. The normalized spacial score (nSPS) is 11.3. The molecule has 0 atom stereocenters. The van der Waals surface area contributed by atoms with E-state index in [1.54, 1.807) is 18.0 Å². The molecule has 130 valence electrons. The number of benzene rings is 2. The van der Waals surface area contributed by atoms with Crippen molar-refractivity contribution in [2.75, 3.05) is 0 Å². The van der Waals surface area contributed by atoms with Gasteiger partial charge < -0.3 is 9.52 Å². The van der Waals surface area contributed by atoms with Crippen molar-refractivity contribution in [3.63, 3.8) is 0 Å². The second-order valence-corrected chi connectivity index (χ2v) is 7.05. The van der Waals surface area contributed by atoms with Gasteiger partial charge in [-0.1, -0.05) is 25.1 Å². The summed E-state index contributed by atoms with van der Waals surface area (Å²) in [5.41, 5.74) is 2.70. The zero-order valence-electron chi connectivity index (χ0n) is 14.2. The lowest BCUT2D eigenvalue weighted by atomic mass is 10.1. The van der Waals surface area contributed by atoms with Crippen molar-refractivity contribution in [3.05, 3.63) is 76.3 Å². The van der Waals surface area contributed by atoms with E-state index in [4.69, 9.17) is 4.42 Å². The number of nitrogens with zero attached hydrogens (tertiary/aromatic N) is 1. The quantitative estimate of drug-likeness (QED) is 0.413. The Bertz CT molecular complexity index is 1160. The van der Waals surface area contributed by atoms with Crippen LogP contribution in [-0.2, 0) is 12.2 Å². The number of pyridine rings is 1. The lowest BCUT2D eigenvalue weighted by molar-refractivity contribution is 0.466. The number of thioether (sulfide) groups is 1. The van der Waals surface area contributed by atoms with Gasteiger partial charge in [-0.3, -0.25) is 4.98 Å². The molecule has 0 aliphatic carbocycles. The topological polar surface area (TPSA) is 63.3 Å². The molecule has 0 aliphatic rings. The first-order valence-electron chi connectivity index (χ1n) is 8.41. The Morgan fingerprint density at radius 1 is 1.08 bits per heavy atom. The molecule has 2 heterocycles. The molecule has 4 aromatic rings. The number of phenols is 1. The van der Waals surface area contributed by atoms with Crippen molar-refractivity contribution in [3.8, 4) is 5.75 Å². The van der Waals surface area contributed by atoms with Crippen LogP contribution in [0.4, 0.5) is 0 Å². The van der Waals surface area contributed by atoms with Gasteiger partial charge in [0.1, 0.15) is 11.3 Å². The van der Waals surface area contributed by atoms with Crippen LogP contribution in [-0.4, -0.2) is 10.1 Å². The molecule has 0 bridgehead atoms. The predicted molar refractivity (Wildman–Crippen MR) is 105 cm³/mol. The first-order chi connectivity index (χ1) is 12.7. The van der Waals surface area contributed by atoms with Crippen LogP contribution in [0.1, 0.15) is 18.1 Å². The predicted octanol–water partition coefficient (Wildman–Crippen LogP) is 4.90. The molecule has 0 saturated carbocycles. The summed E-state index contributed by atoms with van der Waals surface area (Å²) >= 11 is 1.66. The Kier molecular flexibility index (Phi) is 4.39. The van der Waals surface area contributed by atoms with Gasteiger partial charge in [0.25, 0.3) is 0 Å². The Hall–Kier alpha value is -2.79. The van der Waals surface area contributed by atoms with Gasteiger partial charge >= 0.3 is 5.63 Å². The Morgan fingerprint density at radius 3 is 2.77 bits per heavy atom. The van der Waals surface area contributed by atoms with Crippen molar-refractivity contribution >= 4 is 33.6 Å². The number of hydrogen-bond donors (Lipinski definition) is 1. The lowest BCUT2D eigenvalue weighted by Crippen LogP contribution is -2.00. The molecule has 5 heteroatoms. The van der Waals surface area contributed by atoms with Crippen LogP contribution < -0.4 is 5.63 Å². The fraction of sp³-hybridized carbons (Fsp3) is 0.143. The number of aromatic nitrogens is 1. The fourth-order valence-electron chi connectivity index (χ4n) is 3.06. The fourth-order valence-corrected chi connectivity index (χ4v) is 4.10. The van der Waals surface area contributed by atoms with Gasteiger partial charge in [-0.15, -0.1) is 11.8 Å². The summed E-state index contributed by atoms with van der Waals surface area (Å²) in [6.45, 7) is 1.98. The first kappa shape index (κ1) is 16.7. The number of aromatic hydroxyl groups is 1. The van der Waals surface area contributed by atoms with Crippen molar-refractivity contribution in [2.45, 2.75) is 24.0 Å². The highest BCUT2D eigenvalue weighted by Crippen LogP contribution is 2.33. The molecule has 0 amide bonds. The summed E-state index contributed by atoms with van der Waals surface area (Å²) in [7, 11) is 0. The van der Waals surface area contributed by atoms with Gasteiger partial charge in [-0.05, 0) is 35.7 Å². The van der Waals surface area contributed by atoms with Crippen LogP contribution in [0.15, 0.2) is 68.8 Å². The van der Waals surface area contributed by atoms with E-state index in [-0.39, 0.29) is 5.75 Å². The highest BCUT2D eigenvalue weighted by molar-refractivity contribution is 7.98. The number of rotatable bonds is 4. The summed E-state index contributed by atoms with van der Waals surface area (Å²) in [6.07, 6.45) is 2.51. The van der Waals surface area contributed by atoms with E-state index < -0.39 is 5.63 Å². The van der Waals surface area contributed by atoms with E-state index in [1.165, 1.54) is 12.1 Å². The Balaban J connectivity index is 1.76. The average Bonchev–Trinajstić information content (AvgIpc) is 2.65. The van der Waals surface area contributed by atoms with Gasteiger partial charge in [0, 0.05) is 39.8 Å². The summed E-state index contributed by atoms with van der Waals surface area (Å²) in [4.78, 5) is 17.4. The van der Waals surface area contributed by atoms with Crippen LogP contribution in [0.5, 0.6) is 5.75 Å². The minimum atomic E-state index is -0.406. The number of para-hydroxylation sites is 1. The van der Waals surface area contributed by atoms with E-state index in [0.717, 1.165) is 32.3 Å². The van der Waals surface area contributed by atoms with Gasteiger partial charge in [-0.2, -0.15) is 0 Å². The van der Waals surface area contributed by atoms with Crippen LogP contribution >= 0.6 is 11.8 Å². The van der Waals surface area contributed by atoms with E-state index >= 15 is 0 Å².